The van der Waals surface area contributed by atoms with Gasteiger partial charge in [0.2, 0.25) is 5.91 Å². The number of carbonyl (C=O) groups is 1. The third-order valence-corrected chi connectivity index (χ3v) is 6.04. The van der Waals surface area contributed by atoms with Crippen LogP contribution in [0.2, 0.25) is 0 Å². The topological polar surface area (TPSA) is 38.8 Å². The first-order chi connectivity index (χ1) is 14.6. The quantitative estimate of drug-likeness (QED) is 0.419. The zero-order valence-electron chi connectivity index (χ0n) is 17.8. The van der Waals surface area contributed by atoms with Crippen molar-refractivity contribution < 1.29 is 14.3 Å². The molecule has 0 bridgehead atoms. The summed E-state index contributed by atoms with van der Waals surface area (Å²) in [6.07, 6.45) is 1.35. The number of carbonyl (C=O) groups excluding carboxylic acids is 1. The molecule has 0 radical (unpaired) electrons. The van der Waals surface area contributed by atoms with Gasteiger partial charge < -0.3 is 14.4 Å². The molecule has 1 heterocycles. The molecule has 0 N–H and O–H groups in total. The molecule has 2 aromatic carbocycles. The first kappa shape index (κ1) is 21.9. The molecule has 1 aromatic heterocycles. The largest absolute Gasteiger partial charge is 0.493 e. The highest BCUT2D eigenvalue weighted by Gasteiger charge is 2.20. The SMILES string of the molecule is CCC(C)N(Cc1ccc(OC)c(OCc2ccccc2)c1)C(=O)Cc1cccs1. The molecule has 0 aliphatic carbocycles. The Morgan fingerprint density at radius 2 is 1.83 bits per heavy atom. The first-order valence-corrected chi connectivity index (χ1v) is 11.1. The number of amides is 1. The van der Waals surface area contributed by atoms with E-state index >= 15 is 0 Å². The molecule has 0 aliphatic rings. The fourth-order valence-electron chi connectivity index (χ4n) is 3.24. The number of ether oxygens (including phenoxy) is 2. The lowest BCUT2D eigenvalue weighted by atomic mass is 10.1. The maximum atomic E-state index is 13.0. The minimum atomic E-state index is 0.148. The number of thiophene rings is 1. The summed E-state index contributed by atoms with van der Waals surface area (Å²) >= 11 is 1.62. The van der Waals surface area contributed by atoms with Crippen molar-refractivity contribution in [3.8, 4) is 11.5 Å². The van der Waals surface area contributed by atoms with E-state index in [1.54, 1.807) is 18.4 Å². The summed E-state index contributed by atoms with van der Waals surface area (Å²) in [6, 6.07) is 20.1. The first-order valence-electron chi connectivity index (χ1n) is 10.3. The maximum Gasteiger partial charge on any atom is 0.228 e. The number of nitrogens with zero attached hydrogens (tertiary/aromatic N) is 1. The van der Waals surface area contributed by atoms with Gasteiger partial charge in [0.1, 0.15) is 6.61 Å². The Hall–Kier alpha value is -2.79. The zero-order chi connectivity index (χ0) is 21.3. The van der Waals surface area contributed by atoms with Gasteiger partial charge in [0.25, 0.3) is 0 Å². The maximum absolute atomic E-state index is 13.0. The number of hydrogen-bond donors (Lipinski definition) is 0. The summed E-state index contributed by atoms with van der Waals surface area (Å²) in [4.78, 5) is 16.1. The van der Waals surface area contributed by atoms with Crippen LogP contribution in [-0.4, -0.2) is 24.0 Å². The summed E-state index contributed by atoms with van der Waals surface area (Å²) in [7, 11) is 1.64. The van der Waals surface area contributed by atoms with Crippen molar-refractivity contribution in [3.05, 3.63) is 82.0 Å². The van der Waals surface area contributed by atoms with Gasteiger partial charge in [-0.05, 0) is 48.1 Å². The summed E-state index contributed by atoms with van der Waals surface area (Å²) in [5.74, 6) is 1.53. The van der Waals surface area contributed by atoms with E-state index in [2.05, 4.69) is 13.8 Å². The van der Waals surface area contributed by atoms with Gasteiger partial charge >= 0.3 is 0 Å². The van der Waals surface area contributed by atoms with Crippen LogP contribution >= 0.6 is 11.3 Å². The lowest BCUT2D eigenvalue weighted by Crippen LogP contribution is -2.38. The number of rotatable bonds is 10. The van der Waals surface area contributed by atoms with Gasteiger partial charge in [0.05, 0.1) is 13.5 Å². The number of methoxy groups -OCH3 is 1. The van der Waals surface area contributed by atoms with Crippen LogP contribution in [0.4, 0.5) is 0 Å². The second-order valence-electron chi connectivity index (χ2n) is 7.29. The van der Waals surface area contributed by atoms with E-state index in [-0.39, 0.29) is 11.9 Å². The molecule has 0 spiro atoms. The van der Waals surface area contributed by atoms with E-state index in [0.29, 0.717) is 31.1 Å². The van der Waals surface area contributed by atoms with E-state index in [4.69, 9.17) is 9.47 Å². The van der Waals surface area contributed by atoms with Crippen molar-refractivity contribution in [2.24, 2.45) is 0 Å². The Morgan fingerprint density at radius 3 is 2.50 bits per heavy atom. The van der Waals surface area contributed by atoms with Crippen LogP contribution in [0.3, 0.4) is 0 Å². The summed E-state index contributed by atoms with van der Waals surface area (Å²) in [5.41, 5.74) is 2.12. The molecule has 0 saturated heterocycles. The van der Waals surface area contributed by atoms with E-state index < -0.39 is 0 Å². The van der Waals surface area contributed by atoms with Crippen LogP contribution in [0.25, 0.3) is 0 Å². The highest BCUT2D eigenvalue weighted by atomic mass is 32.1. The van der Waals surface area contributed by atoms with Crippen molar-refractivity contribution in [2.75, 3.05) is 7.11 Å². The zero-order valence-corrected chi connectivity index (χ0v) is 18.7. The van der Waals surface area contributed by atoms with E-state index in [9.17, 15) is 4.79 Å². The van der Waals surface area contributed by atoms with Crippen molar-refractivity contribution in [1.29, 1.82) is 0 Å². The highest BCUT2D eigenvalue weighted by Crippen LogP contribution is 2.30. The molecule has 0 fully saturated rings. The highest BCUT2D eigenvalue weighted by molar-refractivity contribution is 7.10. The molecule has 5 heteroatoms. The van der Waals surface area contributed by atoms with Gasteiger partial charge in [-0.15, -0.1) is 11.3 Å². The molecule has 4 nitrogen and oxygen atoms in total. The Balaban J connectivity index is 1.75. The number of benzene rings is 2. The lowest BCUT2D eigenvalue weighted by molar-refractivity contribution is -0.133. The normalized spacial score (nSPS) is 11.7. The standard InChI is InChI=1S/C25H29NO3S/c1-4-19(2)26(25(27)16-22-11-8-14-30-22)17-21-12-13-23(28-3)24(15-21)29-18-20-9-6-5-7-10-20/h5-15,19H,4,16-18H2,1-3H3. The minimum Gasteiger partial charge on any atom is -0.493 e. The van der Waals surface area contributed by atoms with Crippen molar-refractivity contribution in [1.82, 2.24) is 4.90 Å². The molecule has 3 rings (SSSR count). The van der Waals surface area contributed by atoms with Crippen molar-refractivity contribution >= 4 is 17.2 Å². The van der Waals surface area contributed by atoms with Gasteiger partial charge in [-0.2, -0.15) is 0 Å². The number of hydrogen-bond acceptors (Lipinski definition) is 4. The van der Waals surface area contributed by atoms with Crippen molar-refractivity contribution in [3.63, 3.8) is 0 Å². The molecule has 0 aliphatic heterocycles. The summed E-state index contributed by atoms with van der Waals surface area (Å²) < 4.78 is 11.5. The molecule has 0 saturated carbocycles. The molecule has 1 atom stereocenters. The average Bonchev–Trinajstić information content (AvgIpc) is 3.29. The minimum absolute atomic E-state index is 0.148. The monoisotopic (exact) mass is 423 g/mol. The van der Waals surface area contributed by atoms with Crippen LogP contribution in [0.15, 0.2) is 66.0 Å². The second-order valence-corrected chi connectivity index (χ2v) is 8.33. The third kappa shape index (κ3) is 5.86. The predicted octanol–water partition coefficient (Wildman–Crippen LogP) is 5.71. The van der Waals surface area contributed by atoms with Gasteiger partial charge in [-0.3, -0.25) is 4.79 Å². The third-order valence-electron chi connectivity index (χ3n) is 5.17. The van der Waals surface area contributed by atoms with E-state index in [1.807, 2.05) is 70.9 Å². The van der Waals surface area contributed by atoms with Crippen LogP contribution in [0.1, 0.15) is 36.3 Å². The predicted molar refractivity (Wildman–Crippen MR) is 122 cm³/mol. The Kier molecular flexibility index (Phi) is 7.91. The molecular weight excluding hydrogens is 394 g/mol. The van der Waals surface area contributed by atoms with Gasteiger partial charge in [0, 0.05) is 17.5 Å². The Bertz CT molecular complexity index is 925. The van der Waals surface area contributed by atoms with Crippen LogP contribution in [0, 0.1) is 0 Å². The van der Waals surface area contributed by atoms with E-state index in [1.165, 1.54) is 0 Å². The van der Waals surface area contributed by atoms with E-state index in [0.717, 1.165) is 22.4 Å². The Labute approximate surface area is 183 Å². The second kappa shape index (κ2) is 10.8. The molecule has 1 unspecified atom stereocenters. The van der Waals surface area contributed by atoms with Crippen LogP contribution < -0.4 is 9.47 Å². The van der Waals surface area contributed by atoms with Crippen molar-refractivity contribution in [2.45, 2.75) is 45.9 Å². The molecule has 1 amide bonds. The fourth-order valence-corrected chi connectivity index (χ4v) is 3.93. The summed E-state index contributed by atoms with van der Waals surface area (Å²) in [5, 5.41) is 2.01. The lowest BCUT2D eigenvalue weighted by Gasteiger charge is -2.29. The van der Waals surface area contributed by atoms with Gasteiger partial charge in [0.15, 0.2) is 11.5 Å². The average molecular weight is 424 g/mol. The Morgan fingerprint density at radius 1 is 1.03 bits per heavy atom. The molecular formula is C25H29NO3S. The molecule has 30 heavy (non-hydrogen) atoms. The smallest absolute Gasteiger partial charge is 0.228 e. The summed E-state index contributed by atoms with van der Waals surface area (Å²) in [6.45, 7) is 5.22. The van der Waals surface area contributed by atoms with Gasteiger partial charge in [-0.1, -0.05) is 49.4 Å². The van der Waals surface area contributed by atoms with Gasteiger partial charge in [-0.25, -0.2) is 0 Å². The molecule has 158 valence electrons. The fraction of sp³-hybridized carbons (Fsp3) is 0.320. The van der Waals surface area contributed by atoms with Crippen LogP contribution in [-0.2, 0) is 24.4 Å². The van der Waals surface area contributed by atoms with Crippen LogP contribution in [0.5, 0.6) is 11.5 Å². The molecule has 3 aromatic rings.